The molecule has 134 valence electrons. The maximum Gasteiger partial charge on any atom is 0.258 e. The molecule has 2 heterocycles. The van der Waals surface area contributed by atoms with Crippen LogP contribution in [0.3, 0.4) is 0 Å². The zero-order chi connectivity index (χ0) is 18.2. The predicted octanol–water partition coefficient (Wildman–Crippen LogP) is 3.28. The van der Waals surface area contributed by atoms with Crippen LogP contribution in [0.2, 0.25) is 0 Å². The average molecular weight is 343 g/mol. The summed E-state index contributed by atoms with van der Waals surface area (Å²) in [7, 11) is 0. The molecule has 1 aromatic carbocycles. The molecule has 0 aliphatic carbocycles. The van der Waals surface area contributed by atoms with Gasteiger partial charge < -0.3 is 14.2 Å². The number of amides is 1. The lowest BCUT2D eigenvalue weighted by atomic mass is 9.96. The van der Waals surface area contributed by atoms with Gasteiger partial charge in [-0.15, -0.1) is 0 Å². The third kappa shape index (κ3) is 3.74. The van der Waals surface area contributed by atoms with Crippen molar-refractivity contribution in [3.63, 3.8) is 0 Å². The second kappa shape index (κ2) is 6.59. The third-order valence-corrected chi connectivity index (χ3v) is 4.19. The lowest BCUT2D eigenvalue weighted by Crippen LogP contribution is -2.48. The minimum absolute atomic E-state index is 0.0239. The summed E-state index contributed by atoms with van der Waals surface area (Å²) < 4.78 is 11.2. The SMILES string of the molecule is C[C@@H]1CN(C(=O)c2ccccc2-c2nc(C(C)(C)C)no2)C[C@@H](C)O1. The van der Waals surface area contributed by atoms with Crippen molar-refractivity contribution in [1.82, 2.24) is 15.0 Å². The summed E-state index contributed by atoms with van der Waals surface area (Å²) >= 11 is 0. The van der Waals surface area contributed by atoms with Crippen molar-refractivity contribution in [2.45, 2.75) is 52.2 Å². The summed E-state index contributed by atoms with van der Waals surface area (Å²) in [6.07, 6.45) is 0.0477. The minimum Gasteiger partial charge on any atom is -0.372 e. The van der Waals surface area contributed by atoms with Crippen LogP contribution in [0.15, 0.2) is 28.8 Å². The van der Waals surface area contributed by atoms with E-state index >= 15 is 0 Å². The molecule has 1 fully saturated rings. The Morgan fingerprint density at radius 1 is 1.16 bits per heavy atom. The van der Waals surface area contributed by atoms with Gasteiger partial charge in [0.2, 0.25) is 0 Å². The second-order valence-corrected chi connectivity index (χ2v) is 7.69. The van der Waals surface area contributed by atoms with Crippen molar-refractivity contribution in [2.75, 3.05) is 13.1 Å². The van der Waals surface area contributed by atoms with Crippen molar-refractivity contribution in [3.05, 3.63) is 35.7 Å². The molecule has 1 aliphatic rings. The van der Waals surface area contributed by atoms with Gasteiger partial charge in [0.05, 0.1) is 23.3 Å². The number of carbonyl (C=O) groups excluding carboxylic acids is 1. The van der Waals surface area contributed by atoms with Gasteiger partial charge in [-0.05, 0) is 26.0 Å². The number of ether oxygens (including phenoxy) is 1. The first-order valence-corrected chi connectivity index (χ1v) is 8.64. The average Bonchev–Trinajstić information content (AvgIpc) is 3.03. The molecule has 6 heteroatoms. The van der Waals surface area contributed by atoms with Crippen LogP contribution in [-0.2, 0) is 10.2 Å². The molecule has 2 aromatic rings. The van der Waals surface area contributed by atoms with Crippen molar-refractivity contribution >= 4 is 5.91 Å². The van der Waals surface area contributed by atoms with E-state index < -0.39 is 0 Å². The highest BCUT2D eigenvalue weighted by Crippen LogP contribution is 2.27. The smallest absolute Gasteiger partial charge is 0.258 e. The van der Waals surface area contributed by atoms with E-state index in [1.54, 1.807) is 0 Å². The Labute approximate surface area is 148 Å². The summed E-state index contributed by atoms with van der Waals surface area (Å²) in [5.41, 5.74) is 1.03. The molecule has 2 atom stereocenters. The van der Waals surface area contributed by atoms with Crippen LogP contribution in [-0.4, -0.2) is 46.2 Å². The van der Waals surface area contributed by atoms with Crippen LogP contribution >= 0.6 is 0 Å². The maximum absolute atomic E-state index is 13.1. The molecule has 6 nitrogen and oxygen atoms in total. The molecule has 0 radical (unpaired) electrons. The van der Waals surface area contributed by atoms with Gasteiger partial charge in [0.25, 0.3) is 11.8 Å². The number of morpholine rings is 1. The molecule has 1 saturated heterocycles. The normalized spacial score (nSPS) is 21.4. The molecule has 1 aromatic heterocycles. The largest absolute Gasteiger partial charge is 0.372 e. The minimum atomic E-state index is -0.213. The van der Waals surface area contributed by atoms with Gasteiger partial charge in [0.15, 0.2) is 5.82 Å². The van der Waals surface area contributed by atoms with E-state index in [1.165, 1.54) is 0 Å². The zero-order valence-corrected chi connectivity index (χ0v) is 15.4. The van der Waals surface area contributed by atoms with E-state index in [2.05, 4.69) is 10.1 Å². The molecule has 1 amide bonds. The van der Waals surface area contributed by atoms with Gasteiger partial charge in [0, 0.05) is 18.5 Å². The first-order valence-electron chi connectivity index (χ1n) is 8.64. The summed E-state index contributed by atoms with van der Waals surface area (Å²) in [5, 5.41) is 4.07. The van der Waals surface area contributed by atoms with Crippen molar-refractivity contribution in [2.24, 2.45) is 0 Å². The summed E-state index contributed by atoms with van der Waals surface area (Å²) in [5.74, 6) is 0.967. The Kier molecular flexibility index (Phi) is 4.64. The molecule has 0 N–H and O–H groups in total. The Morgan fingerprint density at radius 2 is 1.80 bits per heavy atom. The number of benzene rings is 1. The van der Waals surface area contributed by atoms with Crippen LogP contribution in [0.4, 0.5) is 0 Å². The Balaban J connectivity index is 1.93. The van der Waals surface area contributed by atoms with Crippen molar-refractivity contribution in [3.8, 4) is 11.5 Å². The van der Waals surface area contributed by atoms with Crippen molar-refractivity contribution in [1.29, 1.82) is 0 Å². The fourth-order valence-corrected chi connectivity index (χ4v) is 3.01. The van der Waals surface area contributed by atoms with Gasteiger partial charge in [-0.25, -0.2) is 0 Å². The Hall–Kier alpha value is -2.21. The number of nitrogens with zero attached hydrogens (tertiary/aromatic N) is 3. The monoisotopic (exact) mass is 343 g/mol. The summed E-state index contributed by atoms with van der Waals surface area (Å²) in [6.45, 7) is 11.2. The molecule has 0 bridgehead atoms. The predicted molar refractivity (Wildman–Crippen MR) is 94.3 cm³/mol. The number of rotatable bonds is 2. The highest BCUT2D eigenvalue weighted by atomic mass is 16.5. The summed E-state index contributed by atoms with van der Waals surface area (Å²) in [4.78, 5) is 19.4. The molecular formula is C19H25N3O3. The number of hydrogen-bond donors (Lipinski definition) is 0. The molecule has 25 heavy (non-hydrogen) atoms. The number of hydrogen-bond acceptors (Lipinski definition) is 5. The van der Waals surface area contributed by atoms with Gasteiger partial charge in [-0.1, -0.05) is 38.1 Å². The van der Waals surface area contributed by atoms with E-state index in [9.17, 15) is 4.79 Å². The quantitative estimate of drug-likeness (QED) is 0.837. The maximum atomic E-state index is 13.1. The van der Waals surface area contributed by atoms with E-state index in [1.807, 2.05) is 63.8 Å². The van der Waals surface area contributed by atoms with E-state index in [0.29, 0.717) is 35.9 Å². The first-order chi connectivity index (χ1) is 11.8. The van der Waals surface area contributed by atoms with Crippen LogP contribution in [0.25, 0.3) is 11.5 Å². The molecule has 1 aliphatic heterocycles. The number of carbonyl (C=O) groups is 1. The topological polar surface area (TPSA) is 68.5 Å². The van der Waals surface area contributed by atoms with Crippen molar-refractivity contribution < 1.29 is 14.1 Å². The summed E-state index contributed by atoms with van der Waals surface area (Å²) in [6, 6.07) is 7.38. The Bertz CT molecular complexity index is 753. The van der Waals surface area contributed by atoms with Crippen LogP contribution in [0, 0.1) is 0 Å². The van der Waals surface area contributed by atoms with Gasteiger partial charge >= 0.3 is 0 Å². The fraction of sp³-hybridized carbons (Fsp3) is 0.526. The van der Waals surface area contributed by atoms with E-state index in [0.717, 1.165) is 0 Å². The van der Waals surface area contributed by atoms with E-state index in [4.69, 9.17) is 9.26 Å². The van der Waals surface area contributed by atoms with Gasteiger partial charge in [-0.2, -0.15) is 4.98 Å². The third-order valence-electron chi connectivity index (χ3n) is 4.19. The molecule has 3 rings (SSSR count). The van der Waals surface area contributed by atoms with Crippen LogP contribution in [0.1, 0.15) is 50.8 Å². The first kappa shape index (κ1) is 17.6. The van der Waals surface area contributed by atoms with Gasteiger partial charge in [-0.3, -0.25) is 4.79 Å². The lowest BCUT2D eigenvalue weighted by molar-refractivity contribution is -0.0586. The second-order valence-electron chi connectivity index (χ2n) is 7.69. The molecular weight excluding hydrogens is 318 g/mol. The van der Waals surface area contributed by atoms with Gasteiger partial charge in [0.1, 0.15) is 0 Å². The highest BCUT2D eigenvalue weighted by Gasteiger charge is 2.29. The lowest BCUT2D eigenvalue weighted by Gasteiger charge is -2.35. The molecule has 0 saturated carbocycles. The standard InChI is InChI=1S/C19H25N3O3/c1-12-10-22(11-13(2)24-12)17(23)15-9-7-6-8-14(15)16-20-18(21-25-16)19(3,4)5/h6-9,12-13H,10-11H2,1-5H3/t12-,13-/m1/s1. The Morgan fingerprint density at radius 3 is 2.40 bits per heavy atom. The van der Waals surface area contributed by atoms with E-state index in [-0.39, 0.29) is 23.5 Å². The zero-order valence-electron chi connectivity index (χ0n) is 15.4. The molecule has 0 unspecified atom stereocenters. The fourth-order valence-electron chi connectivity index (χ4n) is 3.01. The van der Waals surface area contributed by atoms with Crippen LogP contribution in [0.5, 0.6) is 0 Å². The molecule has 0 spiro atoms. The highest BCUT2D eigenvalue weighted by molar-refractivity contribution is 6.00. The van der Waals surface area contributed by atoms with Crippen LogP contribution < -0.4 is 0 Å². The number of aromatic nitrogens is 2.